The Morgan fingerprint density at radius 2 is 1.55 bits per heavy atom. The van der Waals surface area contributed by atoms with Crippen LogP contribution in [0.15, 0.2) is 77.7 Å². The van der Waals surface area contributed by atoms with Crippen molar-refractivity contribution < 1.29 is 8.42 Å². The van der Waals surface area contributed by atoms with E-state index >= 15 is 0 Å². The van der Waals surface area contributed by atoms with Crippen LogP contribution in [-0.4, -0.2) is 66.7 Å². The Labute approximate surface area is 226 Å². The van der Waals surface area contributed by atoms with Crippen LogP contribution in [0.1, 0.15) is 31.5 Å². The van der Waals surface area contributed by atoms with Crippen molar-refractivity contribution in [2.75, 3.05) is 44.2 Å². The third kappa shape index (κ3) is 5.08. The summed E-state index contributed by atoms with van der Waals surface area (Å²) in [7, 11) is -3.75. The highest BCUT2D eigenvalue weighted by atomic mass is 32.2. The van der Waals surface area contributed by atoms with E-state index < -0.39 is 10.0 Å². The van der Waals surface area contributed by atoms with E-state index in [0.29, 0.717) is 11.4 Å². The molecule has 7 nitrogen and oxygen atoms in total. The van der Waals surface area contributed by atoms with E-state index in [1.165, 1.54) is 0 Å². The van der Waals surface area contributed by atoms with Crippen molar-refractivity contribution in [2.24, 2.45) is 0 Å². The molecule has 0 amide bonds. The molecule has 200 valence electrons. The number of piperazine rings is 1. The first-order chi connectivity index (χ1) is 18.4. The Bertz CT molecular complexity index is 1490. The van der Waals surface area contributed by atoms with Gasteiger partial charge in [-0.15, -0.1) is 0 Å². The summed E-state index contributed by atoms with van der Waals surface area (Å²) in [6.45, 7) is 11.7. The fourth-order valence-electron chi connectivity index (χ4n) is 5.35. The third-order valence-corrected chi connectivity index (χ3v) is 9.36. The zero-order valence-electron chi connectivity index (χ0n) is 22.5. The van der Waals surface area contributed by atoms with Crippen LogP contribution in [0, 0.1) is 6.92 Å². The van der Waals surface area contributed by atoms with Crippen molar-refractivity contribution >= 4 is 26.6 Å². The van der Waals surface area contributed by atoms with Gasteiger partial charge in [0.25, 0.3) is 0 Å². The highest BCUT2D eigenvalue weighted by molar-refractivity contribution is 7.89. The number of fused-ring (bicyclic) bond motifs is 1. The number of benzene rings is 3. The number of aryl methyl sites for hydroxylation is 1. The van der Waals surface area contributed by atoms with Gasteiger partial charge in [0.2, 0.25) is 10.0 Å². The second-order valence-electron chi connectivity index (χ2n) is 9.87. The number of nitrogens with zero attached hydrogens (tertiary/aromatic N) is 5. The van der Waals surface area contributed by atoms with Crippen molar-refractivity contribution in [3.05, 3.63) is 84.1 Å². The smallest absolute Gasteiger partial charge is 0.243 e. The zero-order valence-corrected chi connectivity index (χ0v) is 23.4. The van der Waals surface area contributed by atoms with E-state index in [1.807, 2.05) is 73.1 Å². The van der Waals surface area contributed by atoms with Crippen LogP contribution in [-0.2, 0) is 16.6 Å². The summed E-state index contributed by atoms with van der Waals surface area (Å²) in [6.07, 6.45) is 0.723. The number of hydrogen-bond donors (Lipinski definition) is 0. The Hall–Kier alpha value is -3.20. The molecule has 1 fully saturated rings. The summed E-state index contributed by atoms with van der Waals surface area (Å²) >= 11 is 0. The van der Waals surface area contributed by atoms with E-state index in [4.69, 9.17) is 5.10 Å². The van der Waals surface area contributed by atoms with Crippen LogP contribution in [0.3, 0.4) is 0 Å². The first kappa shape index (κ1) is 26.4. The summed E-state index contributed by atoms with van der Waals surface area (Å²) in [5, 5.41) is 6.63. The number of hydrogen-bond acceptors (Lipinski definition) is 5. The molecule has 2 heterocycles. The Morgan fingerprint density at radius 3 is 2.26 bits per heavy atom. The van der Waals surface area contributed by atoms with Gasteiger partial charge in [0.15, 0.2) is 0 Å². The lowest BCUT2D eigenvalue weighted by Crippen LogP contribution is -2.47. The van der Waals surface area contributed by atoms with Crippen molar-refractivity contribution in [2.45, 2.75) is 38.6 Å². The van der Waals surface area contributed by atoms with Gasteiger partial charge in [-0.1, -0.05) is 68.4 Å². The quantitative estimate of drug-likeness (QED) is 0.302. The normalized spacial score (nSPS) is 15.0. The van der Waals surface area contributed by atoms with Gasteiger partial charge in [-0.3, -0.25) is 0 Å². The van der Waals surface area contributed by atoms with Gasteiger partial charge >= 0.3 is 0 Å². The highest BCUT2D eigenvalue weighted by Gasteiger charge is 2.31. The Morgan fingerprint density at radius 1 is 0.868 bits per heavy atom. The second-order valence-corrected chi connectivity index (χ2v) is 11.8. The minimum atomic E-state index is -3.75. The third-order valence-electron chi connectivity index (χ3n) is 7.45. The average Bonchev–Trinajstić information content (AvgIpc) is 3.28. The van der Waals surface area contributed by atoms with Crippen molar-refractivity contribution in [1.29, 1.82) is 0 Å². The molecule has 0 bridgehead atoms. The molecule has 5 rings (SSSR count). The molecule has 8 heteroatoms. The Kier molecular flexibility index (Phi) is 7.83. The van der Waals surface area contributed by atoms with Gasteiger partial charge < -0.3 is 9.80 Å². The lowest BCUT2D eigenvalue weighted by Gasteiger charge is -2.36. The number of anilines is 1. The topological polar surface area (TPSA) is 61.7 Å². The van der Waals surface area contributed by atoms with Gasteiger partial charge in [-0.2, -0.15) is 9.40 Å². The number of sulfonamides is 1. The standard InChI is InChI=1S/C30H37N5O2S/c1-4-18-34(38(36,37)29-17-11-13-25-12-9-10-16-27(25)29)23-28-24(3)31-35(26-14-7-6-8-15-26)30(28)33-21-19-32(5-2)20-22-33/h6-17H,4-5,18-23H2,1-3H3. The molecule has 1 aromatic heterocycles. The van der Waals surface area contributed by atoms with E-state index in [2.05, 4.69) is 28.9 Å². The zero-order chi connectivity index (χ0) is 26.7. The van der Waals surface area contributed by atoms with Crippen LogP contribution >= 0.6 is 0 Å². The highest BCUT2D eigenvalue weighted by Crippen LogP contribution is 2.32. The first-order valence-electron chi connectivity index (χ1n) is 13.5. The van der Waals surface area contributed by atoms with E-state index in [9.17, 15) is 8.42 Å². The van der Waals surface area contributed by atoms with Crippen molar-refractivity contribution in [3.63, 3.8) is 0 Å². The molecule has 1 saturated heterocycles. The van der Waals surface area contributed by atoms with Gasteiger partial charge in [0.1, 0.15) is 5.82 Å². The molecular weight excluding hydrogens is 494 g/mol. The number of rotatable bonds is 9. The Balaban J connectivity index is 1.59. The molecule has 1 aliphatic rings. The molecule has 0 unspecified atom stereocenters. The molecule has 0 spiro atoms. The summed E-state index contributed by atoms with van der Waals surface area (Å²) < 4.78 is 32.0. The first-order valence-corrected chi connectivity index (χ1v) is 15.0. The summed E-state index contributed by atoms with van der Waals surface area (Å²) in [6, 6.07) is 23.3. The van der Waals surface area contributed by atoms with Crippen LogP contribution in [0.25, 0.3) is 16.5 Å². The van der Waals surface area contributed by atoms with Gasteiger partial charge in [-0.25, -0.2) is 13.1 Å². The molecular formula is C30H37N5O2S. The summed E-state index contributed by atoms with van der Waals surface area (Å²) in [5.74, 6) is 0.999. The van der Waals surface area contributed by atoms with E-state index in [0.717, 1.165) is 72.7 Å². The van der Waals surface area contributed by atoms with Crippen molar-refractivity contribution in [3.8, 4) is 5.69 Å². The largest absolute Gasteiger partial charge is 0.354 e. The lowest BCUT2D eigenvalue weighted by atomic mass is 10.1. The lowest BCUT2D eigenvalue weighted by molar-refractivity contribution is 0.269. The van der Waals surface area contributed by atoms with Crippen LogP contribution in [0.4, 0.5) is 5.82 Å². The maximum Gasteiger partial charge on any atom is 0.243 e. The number of para-hydroxylation sites is 1. The molecule has 1 aliphatic heterocycles. The molecule has 3 aromatic carbocycles. The summed E-state index contributed by atoms with van der Waals surface area (Å²) in [4.78, 5) is 5.18. The fourth-order valence-corrected chi connectivity index (χ4v) is 7.07. The summed E-state index contributed by atoms with van der Waals surface area (Å²) in [5.41, 5.74) is 2.81. The van der Waals surface area contributed by atoms with Gasteiger partial charge in [-0.05, 0) is 43.5 Å². The minimum Gasteiger partial charge on any atom is -0.354 e. The molecule has 38 heavy (non-hydrogen) atoms. The number of aromatic nitrogens is 2. The molecule has 0 aliphatic carbocycles. The molecule has 0 radical (unpaired) electrons. The number of likely N-dealkylation sites (N-methyl/N-ethyl adjacent to an activating group) is 1. The second kappa shape index (κ2) is 11.3. The van der Waals surface area contributed by atoms with Crippen molar-refractivity contribution in [1.82, 2.24) is 19.0 Å². The molecule has 4 aromatic rings. The van der Waals surface area contributed by atoms with Gasteiger partial charge in [0.05, 0.1) is 16.3 Å². The van der Waals surface area contributed by atoms with Crippen LogP contribution in [0.2, 0.25) is 0 Å². The van der Waals surface area contributed by atoms with Gasteiger partial charge in [0, 0.05) is 50.2 Å². The van der Waals surface area contributed by atoms with Crippen LogP contribution in [0.5, 0.6) is 0 Å². The SMILES string of the molecule is CCCN(Cc1c(C)nn(-c2ccccc2)c1N1CCN(CC)CC1)S(=O)(=O)c1cccc2ccccc12. The van der Waals surface area contributed by atoms with E-state index in [-0.39, 0.29) is 6.54 Å². The minimum absolute atomic E-state index is 0.279. The van der Waals surface area contributed by atoms with E-state index in [1.54, 1.807) is 10.4 Å². The monoisotopic (exact) mass is 531 g/mol. The fraction of sp³-hybridized carbons (Fsp3) is 0.367. The van der Waals surface area contributed by atoms with Crippen LogP contribution < -0.4 is 4.90 Å². The maximum atomic E-state index is 14.2. The molecule has 0 saturated carbocycles. The predicted molar refractivity (Wildman–Crippen MR) is 154 cm³/mol. The maximum absolute atomic E-state index is 14.2. The molecule has 0 atom stereocenters. The predicted octanol–water partition coefficient (Wildman–Crippen LogP) is 5.08. The molecule has 0 N–H and O–H groups in total. The average molecular weight is 532 g/mol.